The number of hydrogen-bond donors (Lipinski definition) is 1. The zero-order chi connectivity index (χ0) is 16.4. The summed E-state index contributed by atoms with van der Waals surface area (Å²) in [6.07, 6.45) is 1.06. The Morgan fingerprint density at radius 3 is 2.26 bits per heavy atom. The first-order valence-corrected chi connectivity index (χ1v) is 7.75. The molecule has 0 spiro atoms. The van der Waals surface area contributed by atoms with Crippen LogP contribution in [0.25, 0.3) is 11.3 Å². The third-order valence-electron chi connectivity index (χ3n) is 3.51. The van der Waals surface area contributed by atoms with Gasteiger partial charge in [0, 0.05) is 5.54 Å². The molecule has 0 aliphatic heterocycles. The molecule has 0 saturated heterocycles. The van der Waals surface area contributed by atoms with Gasteiger partial charge in [-0.25, -0.2) is 4.39 Å². The Labute approximate surface area is 144 Å². The minimum absolute atomic E-state index is 0. The molecule has 0 aliphatic rings. The van der Waals surface area contributed by atoms with E-state index in [1.165, 1.54) is 6.07 Å². The fourth-order valence-corrected chi connectivity index (χ4v) is 2.99. The van der Waals surface area contributed by atoms with E-state index in [-0.39, 0.29) is 29.2 Å². The van der Waals surface area contributed by atoms with E-state index in [1.54, 1.807) is 12.1 Å². The molecule has 0 bridgehead atoms. The van der Waals surface area contributed by atoms with Gasteiger partial charge in [-0.1, -0.05) is 32.9 Å². The summed E-state index contributed by atoms with van der Waals surface area (Å²) in [5.74, 6) is 1.13. The molecule has 1 aromatic carbocycles. The lowest BCUT2D eigenvalue weighted by molar-refractivity contribution is 0.236. The van der Waals surface area contributed by atoms with E-state index in [2.05, 4.69) is 39.9 Å². The predicted molar refractivity (Wildman–Crippen MR) is 96.3 cm³/mol. The van der Waals surface area contributed by atoms with Crippen molar-refractivity contribution in [2.24, 2.45) is 5.41 Å². The predicted octanol–water partition coefficient (Wildman–Crippen LogP) is 5.81. The molecule has 4 heteroatoms. The molecule has 0 saturated carbocycles. The van der Waals surface area contributed by atoms with Gasteiger partial charge in [-0.15, -0.1) is 12.4 Å². The average molecular weight is 340 g/mol. The minimum Gasteiger partial charge on any atom is -0.460 e. The van der Waals surface area contributed by atoms with Crippen molar-refractivity contribution in [2.45, 2.75) is 53.1 Å². The van der Waals surface area contributed by atoms with E-state index in [1.807, 2.05) is 18.2 Å². The maximum Gasteiger partial charge on any atom is 0.137 e. The highest BCUT2D eigenvalue weighted by Gasteiger charge is 2.25. The molecule has 128 valence electrons. The lowest BCUT2D eigenvalue weighted by Crippen LogP contribution is -2.41. The first kappa shape index (κ1) is 19.7. The lowest BCUT2D eigenvalue weighted by atomic mass is 9.82. The van der Waals surface area contributed by atoms with Gasteiger partial charge in [-0.3, -0.25) is 0 Å². The highest BCUT2D eigenvalue weighted by atomic mass is 35.5. The second-order valence-electron chi connectivity index (χ2n) is 7.72. The van der Waals surface area contributed by atoms with Crippen molar-refractivity contribution in [3.05, 3.63) is 48.0 Å². The summed E-state index contributed by atoms with van der Waals surface area (Å²) in [5.41, 5.74) is 0.781. The molecule has 0 amide bonds. The van der Waals surface area contributed by atoms with Crippen LogP contribution in [0.3, 0.4) is 0 Å². The van der Waals surface area contributed by atoms with Crippen LogP contribution in [0.2, 0.25) is 0 Å². The van der Waals surface area contributed by atoms with E-state index in [4.69, 9.17) is 4.42 Å². The first-order chi connectivity index (χ1) is 10.2. The molecule has 0 radical (unpaired) electrons. The number of hydrogen-bond acceptors (Lipinski definition) is 2. The Kier molecular flexibility index (Phi) is 6.43. The summed E-state index contributed by atoms with van der Waals surface area (Å²) in [5, 5.41) is 3.52. The number of benzene rings is 1. The van der Waals surface area contributed by atoms with E-state index < -0.39 is 0 Å². The third-order valence-corrected chi connectivity index (χ3v) is 3.51. The standard InChI is InChI=1S/C19H26FNO.ClH/c1-18(2,3)13-19(4,5)21-12-14-10-11-17(22-14)15-8-6-7-9-16(15)20;/h6-11,21H,12-13H2,1-5H3;1H. The van der Waals surface area contributed by atoms with Crippen molar-refractivity contribution >= 4 is 12.4 Å². The Hall–Kier alpha value is -1.32. The molecular formula is C19H27ClFNO. The van der Waals surface area contributed by atoms with Gasteiger partial charge < -0.3 is 9.73 Å². The van der Waals surface area contributed by atoms with Crippen LogP contribution in [-0.2, 0) is 6.54 Å². The number of halogens is 2. The largest absolute Gasteiger partial charge is 0.460 e. The molecule has 2 aromatic rings. The zero-order valence-electron chi connectivity index (χ0n) is 14.6. The van der Waals surface area contributed by atoms with Crippen molar-refractivity contribution in [3.8, 4) is 11.3 Å². The molecule has 1 heterocycles. The lowest BCUT2D eigenvalue weighted by Gasteiger charge is -2.33. The van der Waals surface area contributed by atoms with Gasteiger partial charge >= 0.3 is 0 Å². The molecule has 0 atom stereocenters. The van der Waals surface area contributed by atoms with Gasteiger partial charge in [0.25, 0.3) is 0 Å². The Bertz CT molecular complexity index is 628. The van der Waals surface area contributed by atoms with E-state index in [0.29, 0.717) is 17.9 Å². The summed E-state index contributed by atoms with van der Waals surface area (Å²) in [4.78, 5) is 0. The Morgan fingerprint density at radius 2 is 1.65 bits per heavy atom. The van der Waals surface area contributed by atoms with Gasteiger partial charge in [0.05, 0.1) is 12.1 Å². The van der Waals surface area contributed by atoms with Gasteiger partial charge in [0.15, 0.2) is 0 Å². The molecule has 2 nitrogen and oxygen atoms in total. The molecule has 0 fully saturated rings. The number of nitrogens with one attached hydrogen (secondary N) is 1. The van der Waals surface area contributed by atoms with Crippen molar-refractivity contribution in [3.63, 3.8) is 0 Å². The molecule has 1 aromatic heterocycles. The SMILES string of the molecule is CC(C)(C)CC(C)(C)NCc1ccc(-c2ccccc2F)o1.Cl. The number of furan rings is 1. The van der Waals surface area contributed by atoms with E-state index >= 15 is 0 Å². The maximum atomic E-state index is 13.8. The van der Waals surface area contributed by atoms with Crippen LogP contribution in [0.1, 0.15) is 46.8 Å². The molecular weight excluding hydrogens is 313 g/mol. The van der Waals surface area contributed by atoms with Crippen LogP contribution in [0.5, 0.6) is 0 Å². The highest BCUT2D eigenvalue weighted by molar-refractivity contribution is 5.85. The van der Waals surface area contributed by atoms with Gasteiger partial charge in [0.1, 0.15) is 17.3 Å². The van der Waals surface area contributed by atoms with Crippen LogP contribution in [0.4, 0.5) is 4.39 Å². The van der Waals surface area contributed by atoms with E-state index in [0.717, 1.165) is 12.2 Å². The normalized spacial score (nSPS) is 12.1. The topological polar surface area (TPSA) is 25.2 Å². The van der Waals surface area contributed by atoms with Gasteiger partial charge in [-0.2, -0.15) is 0 Å². The van der Waals surface area contributed by atoms with E-state index in [9.17, 15) is 4.39 Å². The summed E-state index contributed by atoms with van der Waals surface area (Å²) in [6, 6.07) is 10.4. The molecule has 0 aliphatic carbocycles. The van der Waals surface area contributed by atoms with Crippen LogP contribution in [0, 0.1) is 11.2 Å². The van der Waals surface area contributed by atoms with Crippen LogP contribution in [0.15, 0.2) is 40.8 Å². The van der Waals surface area contributed by atoms with Crippen molar-refractivity contribution in [1.82, 2.24) is 5.32 Å². The first-order valence-electron chi connectivity index (χ1n) is 7.75. The van der Waals surface area contributed by atoms with Crippen LogP contribution in [-0.4, -0.2) is 5.54 Å². The molecule has 2 rings (SSSR count). The summed E-state index contributed by atoms with van der Waals surface area (Å²) >= 11 is 0. The fraction of sp³-hybridized carbons (Fsp3) is 0.474. The minimum atomic E-state index is -0.260. The Morgan fingerprint density at radius 1 is 1.00 bits per heavy atom. The van der Waals surface area contributed by atoms with Crippen molar-refractivity contribution in [1.29, 1.82) is 0 Å². The maximum absolute atomic E-state index is 13.8. The second kappa shape index (κ2) is 7.50. The zero-order valence-corrected chi connectivity index (χ0v) is 15.4. The summed E-state index contributed by atoms with van der Waals surface area (Å²) < 4.78 is 19.5. The fourth-order valence-electron chi connectivity index (χ4n) is 2.99. The van der Waals surface area contributed by atoms with Crippen LogP contribution < -0.4 is 5.32 Å². The second-order valence-corrected chi connectivity index (χ2v) is 7.72. The highest BCUT2D eigenvalue weighted by Crippen LogP contribution is 2.28. The van der Waals surface area contributed by atoms with Gasteiger partial charge in [-0.05, 0) is 49.9 Å². The number of rotatable bonds is 5. The average Bonchev–Trinajstić information content (AvgIpc) is 2.83. The quantitative estimate of drug-likeness (QED) is 0.743. The van der Waals surface area contributed by atoms with Gasteiger partial charge in [0.2, 0.25) is 0 Å². The smallest absolute Gasteiger partial charge is 0.137 e. The van der Waals surface area contributed by atoms with Crippen molar-refractivity contribution in [2.75, 3.05) is 0 Å². The van der Waals surface area contributed by atoms with Crippen LogP contribution >= 0.6 is 12.4 Å². The summed E-state index contributed by atoms with van der Waals surface area (Å²) in [6.45, 7) is 11.7. The monoisotopic (exact) mass is 339 g/mol. The van der Waals surface area contributed by atoms with Crippen molar-refractivity contribution < 1.29 is 8.81 Å². The molecule has 0 unspecified atom stereocenters. The summed E-state index contributed by atoms with van der Waals surface area (Å²) in [7, 11) is 0. The third kappa shape index (κ3) is 6.00. The molecule has 1 N–H and O–H groups in total. The molecule has 23 heavy (non-hydrogen) atoms. The Balaban J connectivity index is 0.00000264.